The van der Waals surface area contributed by atoms with Crippen LogP contribution in [0.3, 0.4) is 0 Å². The van der Waals surface area contributed by atoms with Gasteiger partial charge in [-0.3, -0.25) is 13.2 Å². The molecule has 0 aliphatic carbocycles. The first-order valence-electron chi connectivity index (χ1n) is 7.38. The fourth-order valence-corrected chi connectivity index (χ4v) is 3.63. The van der Waals surface area contributed by atoms with Crippen molar-refractivity contribution in [3.05, 3.63) is 35.9 Å². The molecule has 0 aromatic heterocycles. The highest BCUT2D eigenvalue weighted by atomic mass is 32.2. The Morgan fingerprint density at radius 3 is 2.15 bits per heavy atom. The van der Waals surface area contributed by atoms with Gasteiger partial charge in [0.25, 0.3) is 26.1 Å². The van der Waals surface area contributed by atoms with Crippen molar-refractivity contribution in [1.29, 1.82) is 0 Å². The number of aliphatic hydroxyl groups is 1. The molecule has 1 heterocycles. The lowest BCUT2D eigenvalue weighted by molar-refractivity contribution is -0.213. The number of hydrogen-bond donors (Lipinski definition) is 2. The van der Waals surface area contributed by atoms with Gasteiger partial charge in [0.2, 0.25) is 0 Å². The molecule has 1 aliphatic heterocycles. The number of amides is 1. The zero-order valence-corrected chi connectivity index (χ0v) is 15.6. The topological polar surface area (TPSA) is 145 Å². The molecule has 0 spiro atoms. The minimum absolute atomic E-state index is 0.289. The highest BCUT2D eigenvalue weighted by Crippen LogP contribution is 2.23. The molecule has 1 aliphatic rings. The Balaban J connectivity index is 2.28. The van der Waals surface area contributed by atoms with Crippen molar-refractivity contribution in [3.63, 3.8) is 0 Å². The van der Waals surface area contributed by atoms with Gasteiger partial charge in [0, 0.05) is 5.56 Å². The number of hydrogen-bond acceptors (Lipinski definition) is 9. The molecule has 0 unspecified atom stereocenters. The van der Waals surface area contributed by atoms with Crippen LogP contribution in [0.15, 0.2) is 30.3 Å². The van der Waals surface area contributed by atoms with E-state index in [0.717, 1.165) is 12.5 Å². The van der Waals surface area contributed by atoms with E-state index < -0.39 is 50.7 Å². The lowest BCUT2D eigenvalue weighted by Crippen LogP contribution is -2.61. The normalized spacial score (nSPS) is 27.0. The molecule has 1 aromatic rings. The van der Waals surface area contributed by atoms with Gasteiger partial charge in [-0.2, -0.15) is 16.8 Å². The standard InChI is InChI=1S/C14H19NO9S2/c1-25(18,19)23-11-10(15-13(16)9-6-4-3-5-7-9)8-22-14(17)12(11)24-26(2,20)21/h3-7,10-12,14,17H,8H2,1-2H3,(H,15,16)/t10-,11-,12-,14-/m1/s1. The highest BCUT2D eigenvalue weighted by Gasteiger charge is 2.46. The van der Waals surface area contributed by atoms with Gasteiger partial charge >= 0.3 is 0 Å². The van der Waals surface area contributed by atoms with E-state index in [9.17, 15) is 26.7 Å². The van der Waals surface area contributed by atoms with Crippen molar-refractivity contribution < 1.29 is 39.8 Å². The van der Waals surface area contributed by atoms with Gasteiger partial charge < -0.3 is 15.2 Å². The molecular formula is C14H19NO9S2. The fourth-order valence-electron chi connectivity index (χ4n) is 2.38. The number of aliphatic hydroxyl groups excluding tert-OH is 1. The first kappa shape index (κ1) is 20.7. The fraction of sp³-hybridized carbons (Fsp3) is 0.500. The predicted octanol–water partition coefficient (Wildman–Crippen LogP) is -1.18. The second-order valence-corrected chi connectivity index (χ2v) is 8.90. The molecule has 1 fully saturated rings. The number of benzene rings is 1. The monoisotopic (exact) mass is 409 g/mol. The minimum atomic E-state index is -4.08. The molecule has 0 radical (unpaired) electrons. The van der Waals surface area contributed by atoms with E-state index in [1.165, 1.54) is 12.1 Å². The van der Waals surface area contributed by atoms with Gasteiger partial charge in [0.15, 0.2) is 12.4 Å². The highest BCUT2D eigenvalue weighted by molar-refractivity contribution is 7.86. The van der Waals surface area contributed by atoms with E-state index in [1.54, 1.807) is 18.2 Å². The molecule has 2 N–H and O–H groups in total. The van der Waals surface area contributed by atoms with E-state index in [0.29, 0.717) is 0 Å². The second kappa shape index (κ2) is 7.98. The summed E-state index contributed by atoms with van der Waals surface area (Å²) in [6.07, 6.45) is -3.49. The Labute approximate surface area is 151 Å². The molecule has 26 heavy (non-hydrogen) atoms. The minimum Gasteiger partial charge on any atom is -0.366 e. The Morgan fingerprint density at radius 2 is 1.62 bits per heavy atom. The smallest absolute Gasteiger partial charge is 0.264 e. The molecular weight excluding hydrogens is 390 g/mol. The third kappa shape index (κ3) is 6.00. The first-order valence-corrected chi connectivity index (χ1v) is 11.0. The van der Waals surface area contributed by atoms with Gasteiger partial charge in [-0.25, -0.2) is 0 Å². The number of nitrogens with one attached hydrogen (secondary N) is 1. The van der Waals surface area contributed by atoms with E-state index in [2.05, 4.69) is 5.32 Å². The molecule has 1 saturated heterocycles. The summed E-state index contributed by atoms with van der Waals surface area (Å²) in [4.78, 5) is 12.3. The van der Waals surface area contributed by atoms with E-state index in [4.69, 9.17) is 13.1 Å². The Bertz CT molecular complexity index is 838. The summed E-state index contributed by atoms with van der Waals surface area (Å²) >= 11 is 0. The van der Waals surface area contributed by atoms with Crippen molar-refractivity contribution >= 4 is 26.1 Å². The molecule has 4 atom stereocenters. The number of ether oxygens (including phenoxy) is 1. The maximum absolute atomic E-state index is 12.3. The average molecular weight is 409 g/mol. The zero-order valence-electron chi connectivity index (χ0n) is 13.9. The lowest BCUT2D eigenvalue weighted by Gasteiger charge is -2.38. The number of carbonyl (C=O) groups excluding carboxylic acids is 1. The van der Waals surface area contributed by atoms with E-state index in [1.807, 2.05) is 0 Å². The van der Waals surface area contributed by atoms with Crippen LogP contribution in [0.2, 0.25) is 0 Å². The summed E-state index contributed by atoms with van der Waals surface area (Å²) in [6.45, 7) is -0.316. The zero-order chi connectivity index (χ0) is 19.5. The summed E-state index contributed by atoms with van der Waals surface area (Å²) in [5, 5.41) is 12.4. The Hall–Kier alpha value is -1.57. The van der Waals surface area contributed by atoms with Crippen molar-refractivity contribution in [2.24, 2.45) is 0 Å². The molecule has 0 bridgehead atoms. The van der Waals surface area contributed by atoms with Crippen LogP contribution in [0.25, 0.3) is 0 Å². The van der Waals surface area contributed by atoms with Gasteiger partial charge in [-0.15, -0.1) is 0 Å². The van der Waals surface area contributed by atoms with Crippen molar-refractivity contribution in [2.75, 3.05) is 19.1 Å². The number of carbonyl (C=O) groups is 1. The van der Waals surface area contributed by atoms with Gasteiger partial charge in [-0.1, -0.05) is 18.2 Å². The first-order chi connectivity index (χ1) is 12.0. The quantitative estimate of drug-likeness (QED) is 0.555. The van der Waals surface area contributed by atoms with Crippen LogP contribution >= 0.6 is 0 Å². The van der Waals surface area contributed by atoms with Crippen LogP contribution in [0, 0.1) is 0 Å². The Kier molecular flexibility index (Phi) is 6.37. The maximum atomic E-state index is 12.3. The average Bonchev–Trinajstić information content (AvgIpc) is 2.52. The van der Waals surface area contributed by atoms with E-state index >= 15 is 0 Å². The maximum Gasteiger partial charge on any atom is 0.264 e. The molecule has 1 amide bonds. The van der Waals surface area contributed by atoms with Crippen LogP contribution in [0.5, 0.6) is 0 Å². The molecule has 1 aromatic carbocycles. The van der Waals surface area contributed by atoms with Crippen LogP contribution in [0.1, 0.15) is 10.4 Å². The van der Waals surface area contributed by atoms with Crippen LogP contribution < -0.4 is 5.32 Å². The van der Waals surface area contributed by atoms with Crippen molar-refractivity contribution in [3.8, 4) is 0 Å². The third-order valence-corrected chi connectivity index (χ3v) is 4.52. The van der Waals surface area contributed by atoms with Crippen LogP contribution in [-0.2, 0) is 33.3 Å². The molecule has 2 rings (SSSR count). The molecule has 12 heteroatoms. The summed E-state index contributed by atoms with van der Waals surface area (Å²) in [6, 6.07) is 6.96. The molecule has 146 valence electrons. The van der Waals surface area contributed by atoms with Crippen LogP contribution in [0.4, 0.5) is 0 Å². The second-order valence-electron chi connectivity index (χ2n) is 5.70. The predicted molar refractivity (Wildman–Crippen MR) is 89.1 cm³/mol. The summed E-state index contributed by atoms with van der Waals surface area (Å²) in [5.74, 6) is -0.559. The largest absolute Gasteiger partial charge is 0.366 e. The summed E-state index contributed by atoms with van der Waals surface area (Å²) in [5.41, 5.74) is 0.289. The van der Waals surface area contributed by atoms with Gasteiger partial charge in [-0.05, 0) is 12.1 Å². The van der Waals surface area contributed by atoms with Gasteiger partial charge in [0.05, 0.1) is 25.2 Å². The molecule has 10 nitrogen and oxygen atoms in total. The Morgan fingerprint density at radius 1 is 1.08 bits per heavy atom. The van der Waals surface area contributed by atoms with E-state index in [-0.39, 0.29) is 12.2 Å². The van der Waals surface area contributed by atoms with Crippen molar-refractivity contribution in [1.82, 2.24) is 5.32 Å². The summed E-state index contributed by atoms with van der Waals surface area (Å²) in [7, 11) is -8.14. The SMILES string of the molecule is CS(=O)(=O)O[C@@H]1[C@H](OS(C)(=O)=O)[C@H](NC(=O)c2ccccc2)CO[C@H]1O. The summed E-state index contributed by atoms with van der Waals surface area (Å²) < 4.78 is 60.6. The lowest BCUT2D eigenvalue weighted by atomic mass is 10.0. The third-order valence-electron chi connectivity index (χ3n) is 3.37. The van der Waals surface area contributed by atoms with Gasteiger partial charge in [0.1, 0.15) is 6.10 Å². The number of rotatable bonds is 6. The molecule has 0 saturated carbocycles. The van der Waals surface area contributed by atoms with Crippen LogP contribution in [-0.4, -0.2) is 71.5 Å². The van der Waals surface area contributed by atoms with Crippen molar-refractivity contribution in [2.45, 2.75) is 24.5 Å².